The summed E-state index contributed by atoms with van der Waals surface area (Å²) in [7, 11) is 0. The first-order valence-electron chi connectivity index (χ1n) is 9.37. The minimum absolute atomic E-state index is 0.299. The van der Waals surface area contributed by atoms with Crippen molar-refractivity contribution in [2.75, 3.05) is 0 Å². The molecule has 26 heavy (non-hydrogen) atoms. The van der Waals surface area contributed by atoms with Crippen molar-refractivity contribution in [3.05, 3.63) is 82.9 Å². The van der Waals surface area contributed by atoms with Gasteiger partial charge in [0, 0.05) is 6.42 Å². The molecule has 0 aromatic heterocycles. The topological polar surface area (TPSA) is 17.1 Å². The Hall–Kier alpha value is -2.59. The van der Waals surface area contributed by atoms with Crippen molar-refractivity contribution in [3.63, 3.8) is 0 Å². The second kappa shape index (κ2) is 7.75. The third-order valence-corrected chi connectivity index (χ3v) is 5.58. The van der Waals surface area contributed by atoms with Crippen molar-refractivity contribution in [1.82, 2.24) is 0 Å². The lowest BCUT2D eigenvalue weighted by Gasteiger charge is -2.32. The van der Waals surface area contributed by atoms with Gasteiger partial charge in [0.25, 0.3) is 0 Å². The molecule has 0 bridgehead atoms. The summed E-state index contributed by atoms with van der Waals surface area (Å²) in [5, 5.41) is 0. The molecule has 0 heterocycles. The Morgan fingerprint density at radius 2 is 1.62 bits per heavy atom. The third kappa shape index (κ3) is 3.51. The summed E-state index contributed by atoms with van der Waals surface area (Å²) >= 11 is 0. The average molecular weight is 342 g/mol. The van der Waals surface area contributed by atoms with Gasteiger partial charge in [0.05, 0.1) is 5.41 Å². The second-order valence-corrected chi connectivity index (χ2v) is 7.49. The van der Waals surface area contributed by atoms with Gasteiger partial charge in [-0.25, -0.2) is 0 Å². The molecule has 132 valence electrons. The van der Waals surface area contributed by atoms with Gasteiger partial charge in [0.1, 0.15) is 0 Å². The van der Waals surface area contributed by atoms with Crippen molar-refractivity contribution in [2.24, 2.45) is 5.92 Å². The molecule has 1 atom stereocenters. The van der Waals surface area contributed by atoms with Gasteiger partial charge in [-0.3, -0.25) is 4.79 Å². The van der Waals surface area contributed by atoms with Crippen LogP contribution in [-0.2, 0) is 10.2 Å². The molecule has 1 aliphatic carbocycles. The van der Waals surface area contributed by atoms with Crippen LogP contribution in [0.15, 0.2) is 71.8 Å². The number of hydrogen-bond donors (Lipinski definition) is 0. The number of carbonyl (C=O) groups excluding carboxylic acids is 1. The van der Waals surface area contributed by atoms with E-state index in [9.17, 15) is 4.79 Å². The molecular formula is C25H26O. The summed E-state index contributed by atoms with van der Waals surface area (Å²) < 4.78 is 0. The van der Waals surface area contributed by atoms with Gasteiger partial charge >= 0.3 is 0 Å². The van der Waals surface area contributed by atoms with Gasteiger partial charge in [-0.1, -0.05) is 79.1 Å². The third-order valence-electron chi connectivity index (χ3n) is 5.58. The van der Waals surface area contributed by atoms with Gasteiger partial charge in [-0.2, -0.15) is 0 Å². The Labute approximate surface area is 157 Å². The summed E-state index contributed by atoms with van der Waals surface area (Å²) in [5.74, 6) is 3.88. The molecule has 1 saturated carbocycles. The summed E-state index contributed by atoms with van der Waals surface area (Å²) in [6.07, 6.45) is 9.43. The van der Waals surface area contributed by atoms with E-state index >= 15 is 0 Å². The largest absolute Gasteiger partial charge is 0.295 e. The molecule has 0 radical (unpaired) electrons. The molecule has 0 amide bonds. The highest BCUT2D eigenvalue weighted by Crippen LogP contribution is 2.39. The number of rotatable bonds is 4. The summed E-state index contributed by atoms with van der Waals surface area (Å²) in [4.78, 5) is 12.6. The lowest BCUT2D eigenvalue weighted by molar-refractivity contribution is -0.117. The van der Waals surface area contributed by atoms with Crippen LogP contribution in [0.2, 0.25) is 0 Å². The van der Waals surface area contributed by atoms with Gasteiger partial charge < -0.3 is 0 Å². The highest BCUT2D eigenvalue weighted by molar-refractivity contribution is 5.96. The van der Waals surface area contributed by atoms with E-state index in [-0.39, 0.29) is 0 Å². The number of allylic oxidation sites excluding steroid dienone is 2. The molecule has 2 aromatic carbocycles. The summed E-state index contributed by atoms with van der Waals surface area (Å²) in [6, 6.07) is 20.5. The number of carbonyl (C=O) groups is 1. The van der Waals surface area contributed by atoms with Gasteiger partial charge in [-0.05, 0) is 48.8 Å². The molecule has 0 unspecified atom stereocenters. The minimum Gasteiger partial charge on any atom is -0.295 e. The molecule has 1 nitrogen and oxygen atoms in total. The molecule has 2 aromatic rings. The van der Waals surface area contributed by atoms with E-state index in [0.29, 0.717) is 24.5 Å². The Balaban J connectivity index is 2.08. The quantitative estimate of drug-likeness (QED) is 0.514. The normalized spacial score (nSPS) is 19.7. The first-order valence-corrected chi connectivity index (χ1v) is 9.37. The van der Waals surface area contributed by atoms with Crippen molar-refractivity contribution in [1.29, 1.82) is 0 Å². The maximum absolute atomic E-state index is 12.6. The molecule has 1 fully saturated rings. The molecule has 1 heteroatoms. The number of hydrogen-bond acceptors (Lipinski definition) is 1. The number of Topliss-reactive ketones (excluding diaryl/α,β-unsaturated/α-hetero) is 1. The van der Waals surface area contributed by atoms with Crippen molar-refractivity contribution in [2.45, 2.75) is 44.9 Å². The van der Waals surface area contributed by atoms with Crippen molar-refractivity contribution < 1.29 is 4.79 Å². The molecule has 0 N–H and O–H groups in total. The SMILES string of the molecule is C#CC(C/C(C)=C1\CC[C@@H](C)CC1=O)(c1ccccc1)c1ccccc1. The van der Waals surface area contributed by atoms with Crippen LogP contribution in [0, 0.1) is 18.3 Å². The molecule has 0 aliphatic heterocycles. The zero-order valence-electron chi connectivity index (χ0n) is 15.7. The second-order valence-electron chi connectivity index (χ2n) is 7.49. The number of terminal acetylenes is 1. The van der Waals surface area contributed by atoms with Crippen LogP contribution in [0.3, 0.4) is 0 Å². The van der Waals surface area contributed by atoms with Crippen LogP contribution in [0.1, 0.15) is 50.7 Å². The van der Waals surface area contributed by atoms with E-state index in [1.807, 2.05) is 36.4 Å². The predicted octanol–water partition coefficient (Wildman–Crippen LogP) is 5.70. The van der Waals surface area contributed by atoms with Crippen LogP contribution in [0.25, 0.3) is 0 Å². The Kier molecular flexibility index (Phi) is 5.43. The molecule has 0 saturated heterocycles. The van der Waals surface area contributed by atoms with E-state index < -0.39 is 5.41 Å². The molecular weight excluding hydrogens is 316 g/mol. The van der Waals surface area contributed by atoms with Gasteiger partial charge in [-0.15, -0.1) is 6.42 Å². The predicted molar refractivity (Wildman–Crippen MR) is 108 cm³/mol. The standard InChI is InChI=1S/C25H26O/c1-4-25(21-11-7-5-8-12-21,22-13-9-6-10-14-22)18-20(3)23-16-15-19(2)17-24(23)26/h1,5-14,19H,15-18H2,2-3H3/b23-20+/t19-/m1/s1. The number of ketones is 1. The zero-order chi connectivity index (χ0) is 18.6. The molecule has 1 aliphatic rings. The minimum atomic E-state index is -0.553. The van der Waals surface area contributed by atoms with Crippen LogP contribution >= 0.6 is 0 Å². The van der Waals surface area contributed by atoms with Crippen molar-refractivity contribution in [3.8, 4) is 12.3 Å². The van der Waals surface area contributed by atoms with Gasteiger partial charge in [0.2, 0.25) is 0 Å². The zero-order valence-corrected chi connectivity index (χ0v) is 15.7. The maximum atomic E-state index is 12.6. The lowest BCUT2D eigenvalue weighted by Crippen LogP contribution is -2.27. The van der Waals surface area contributed by atoms with Crippen LogP contribution in [0.4, 0.5) is 0 Å². The number of benzene rings is 2. The Morgan fingerprint density at radius 3 is 2.08 bits per heavy atom. The smallest absolute Gasteiger partial charge is 0.159 e. The maximum Gasteiger partial charge on any atom is 0.159 e. The van der Waals surface area contributed by atoms with Crippen LogP contribution in [0.5, 0.6) is 0 Å². The van der Waals surface area contributed by atoms with E-state index in [1.165, 1.54) is 0 Å². The molecule has 3 rings (SSSR count). The van der Waals surface area contributed by atoms with E-state index in [4.69, 9.17) is 6.42 Å². The summed E-state index contributed by atoms with van der Waals surface area (Å²) in [6.45, 7) is 4.24. The highest BCUT2D eigenvalue weighted by atomic mass is 16.1. The molecule has 0 spiro atoms. The fourth-order valence-electron chi connectivity index (χ4n) is 4.06. The summed E-state index contributed by atoms with van der Waals surface area (Å²) in [5.41, 5.74) is 3.78. The van der Waals surface area contributed by atoms with Crippen LogP contribution in [-0.4, -0.2) is 5.78 Å². The van der Waals surface area contributed by atoms with E-state index in [0.717, 1.165) is 35.1 Å². The monoisotopic (exact) mass is 342 g/mol. The Morgan fingerprint density at radius 1 is 1.08 bits per heavy atom. The van der Waals surface area contributed by atoms with Gasteiger partial charge in [0.15, 0.2) is 5.78 Å². The van der Waals surface area contributed by atoms with Crippen LogP contribution < -0.4 is 0 Å². The first-order chi connectivity index (χ1) is 12.6. The Bertz CT molecular complexity index is 797. The highest BCUT2D eigenvalue weighted by Gasteiger charge is 2.34. The van der Waals surface area contributed by atoms with E-state index in [1.54, 1.807) is 0 Å². The van der Waals surface area contributed by atoms with Crippen molar-refractivity contribution >= 4 is 5.78 Å². The van der Waals surface area contributed by atoms with E-state index in [2.05, 4.69) is 44.0 Å². The first kappa shape index (κ1) is 18.2. The fraction of sp³-hybridized carbons (Fsp3) is 0.320. The fourth-order valence-corrected chi connectivity index (χ4v) is 4.06. The average Bonchev–Trinajstić information content (AvgIpc) is 2.67. The lowest BCUT2D eigenvalue weighted by atomic mass is 9.69.